The highest BCUT2D eigenvalue weighted by Crippen LogP contribution is 2.22. The largest absolute Gasteiger partial charge is 0.466 e. The molecule has 0 spiro atoms. The van der Waals surface area contributed by atoms with Crippen LogP contribution in [0.5, 0.6) is 0 Å². The van der Waals surface area contributed by atoms with Crippen molar-refractivity contribution in [3.63, 3.8) is 0 Å². The van der Waals surface area contributed by atoms with E-state index in [2.05, 4.69) is 9.71 Å². The topological polar surface area (TPSA) is 92.2 Å². The third-order valence-electron chi connectivity index (χ3n) is 2.96. The first-order valence-corrected chi connectivity index (χ1v) is 7.56. The summed E-state index contributed by atoms with van der Waals surface area (Å²) in [5.41, 5.74) is 0.196. The number of aryl methyl sites for hydroxylation is 2. The second-order valence-corrected chi connectivity index (χ2v) is 6.27. The van der Waals surface area contributed by atoms with Crippen molar-refractivity contribution in [3.8, 4) is 0 Å². The normalized spacial score (nSPS) is 13.3. The fourth-order valence-corrected chi connectivity index (χ4v) is 3.33. The zero-order valence-corrected chi connectivity index (χ0v) is 12.2. The van der Waals surface area contributed by atoms with Crippen LogP contribution in [-0.2, 0) is 10.0 Å². The Hall–Kier alpha value is -1.86. The molecule has 0 saturated carbocycles. The maximum atomic E-state index is 12.2. The second-order valence-electron chi connectivity index (χ2n) is 4.58. The van der Waals surface area contributed by atoms with E-state index in [9.17, 15) is 13.2 Å². The van der Waals surface area contributed by atoms with Crippen molar-refractivity contribution >= 4 is 10.0 Å². The number of pyridine rings is 1. The first-order chi connectivity index (χ1) is 9.31. The number of furan rings is 1. The Morgan fingerprint density at radius 3 is 2.60 bits per heavy atom. The van der Waals surface area contributed by atoms with Crippen molar-refractivity contribution in [3.05, 3.63) is 51.8 Å². The van der Waals surface area contributed by atoms with Gasteiger partial charge in [-0.25, -0.2) is 13.1 Å². The summed E-state index contributed by atoms with van der Waals surface area (Å²) in [4.78, 5) is 13.9. The summed E-state index contributed by atoms with van der Waals surface area (Å²) in [6.45, 7) is 5.26. The average Bonchev–Trinajstić information content (AvgIpc) is 2.68. The van der Waals surface area contributed by atoms with E-state index in [1.54, 1.807) is 26.8 Å². The Kier molecular flexibility index (Phi) is 3.82. The van der Waals surface area contributed by atoms with Gasteiger partial charge in [-0.05, 0) is 26.8 Å². The molecule has 0 radical (unpaired) electrons. The van der Waals surface area contributed by atoms with Crippen LogP contribution in [0.25, 0.3) is 0 Å². The molecule has 2 rings (SSSR count). The minimum absolute atomic E-state index is 0.301. The Balaban J connectivity index is 2.32. The van der Waals surface area contributed by atoms with Crippen molar-refractivity contribution in [2.24, 2.45) is 0 Å². The third kappa shape index (κ3) is 2.83. The van der Waals surface area contributed by atoms with Crippen LogP contribution in [0, 0.1) is 13.8 Å². The summed E-state index contributed by atoms with van der Waals surface area (Å²) in [6, 6.07) is 2.46. The molecular weight excluding hydrogens is 280 g/mol. The predicted molar refractivity (Wildman–Crippen MR) is 74.0 cm³/mol. The molecule has 2 aromatic heterocycles. The summed E-state index contributed by atoms with van der Waals surface area (Å²) in [5, 5.41) is 0. The van der Waals surface area contributed by atoms with Gasteiger partial charge >= 0.3 is 0 Å². The van der Waals surface area contributed by atoms with Crippen LogP contribution in [0.15, 0.2) is 38.6 Å². The van der Waals surface area contributed by atoms with Crippen molar-refractivity contribution in [1.82, 2.24) is 9.71 Å². The Labute approximate surface area is 116 Å². The zero-order chi connectivity index (χ0) is 14.9. The quantitative estimate of drug-likeness (QED) is 0.896. The molecule has 6 nitrogen and oxygen atoms in total. The molecule has 0 aliphatic rings. The summed E-state index contributed by atoms with van der Waals surface area (Å²) in [5.74, 6) is 1.36. The molecule has 1 unspecified atom stereocenters. The molecule has 20 heavy (non-hydrogen) atoms. The number of hydrogen-bond acceptors (Lipinski definition) is 4. The number of rotatable bonds is 4. The summed E-state index contributed by atoms with van der Waals surface area (Å²) in [7, 11) is -3.88. The molecule has 2 aromatic rings. The molecule has 108 valence electrons. The van der Waals surface area contributed by atoms with E-state index in [4.69, 9.17) is 4.42 Å². The van der Waals surface area contributed by atoms with E-state index in [1.165, 1.54) is 18.5 Å². The molecular formula is C13H16N2O4S. The van der Waals surface area contributed by atoms with Gasteiger partial charge in [-0.15, -0.1) is 0 Å². The van der Waals surface area contributed by atoms with Crippen LogP contribution >= 0.6 is 0 Å². The second kappa shape index (κ2) is 5.26. The highest BCUT2D eigenvalue weighted by atomic mass is 32.2. The monoisotopic (exact) mass is 296 g/mol. The zero-order valence-electron chi connectivity index (χ0n) is 11.4. The van der Waals surface area contributed by atoms with Crippen LogP contribution in [0.2, 0.25) is 0 Å². The maximum absolute atomic E-state index is 12.2. The number of H-pyrrole nitrogens is 1. The van der Waals surface area contributed by atoms with Crippen LogP contribution in [0.4, 0.5) is 0 Å². The van der Waals surface area contributed by atoms with Crippen molar-refractivity contribution in [2.45, 2.75) is 31.7 Å². The molecule has 0 saturated heterocycles. The van der Waals surface area contributed by atoms with Gasteiger partial charge in [-0.3, -0.25) is 4.79 Å². The van der Waals surface area contributed by atoms with Gasteiger partial charge in [-0.2, -0.15) is 0 Å². The lowest BCUT2D eigenvalue weighted by molar-refractivity contribution is 0.496. The van der Waals surface area contributed by atoms with Gasteiger partial charge in [0.1, 0.15) is 16.4 Å². The van der Waals surface area contributed by atoms with E-state index in [0.717, 1.165) is 5.56 Å². The van der Waals surface area contributed by atoms with Gasteiger partial charge < -0.3 is 9.40 Å². The fourth-order valence-electron chi connectivity index (χ4n) is 2.05. The molecule has 0 bridgehead atoms. The molecule has 2 heterocycles. The Bertz CT molecular complexity index is 774. The lowest BCUT2D eigenvalue weighted by Crippen LogP contribution is -2.30. The smallest absolute Gasteiger partial charge is 0.246 e. The van der Waals surface area contributed by atoms with Crippen LogP contribution in [0.1, 0.15) is 30.0 Å². The van der Waals surface area contributed by atoms with Crippen molar-refractivity contribution < 1.29 is 12.8 Å². The number of sulfonamides is 1. The number of aromatic amines is 1. The van der Waals surface area contributed by atoms with Crippen LogP contribution in [0.3, 0.4) is 0 Å². The highest BCUT2D eigenvalue weighted by Gasteiger charge is 2.23. The highest BCUT2D eigenvalue weighted by molar-refractivity contribution is 7.89. The summed E-state index contributed by atoms with van der Waals surface area (Å²) >= 11 is 0. The minimum atomic E-state index is -3.88. The standard InChI is InChI=1S/C13H16N2O4S/c1-8-6-11(10(3)19-8)9(2)15-20(17,18)13-7-14-5-4-12(13)16/h4-7,9,15H,1-3H3,(H,14,16). The van der Waals surface area contributed by atoms with Gasteiger partial charge in [0.25, 0.3) is 0 Å². The van der Waals surface area contributed by atoms with E-state index in [0.29, 0.717) is 11.5 Å². The SMILES string of the molecule is Cc1cc(C(C)NS(=O)(=O)c2c[nH]ccc2=O)c(C)o1. The van der Waals surface area contributed by atoms with Gasteiger partial charge in [0, 0.05) is 30.1 Å². The predicted octanol–water partition coefficient (Wildman–Crippen LogP) is 1.62. The van der Waals surface area contributed by atoms with E-state index >= 15 is 0 Å². The maximum Gasteiger partial charge on any atom is 0.246 e. The number of nitrogens with one attached hydrogen (secondary N) is 2. The molecule has 0 amide bonds. The Morgan fingerprint density at radius 1 is 1.35 bits per heavy atom. The van der Waals surface area contributed by atoms with E-state index in [1.807, 2.05) is 0 Å². The first kappa shape index (κ1) is 14.5. The van der Waals surface area contributed by atoms with Gasteiger partial charge in [0.2, 0.25) is 15.5 Å². The van der Waals surface area contributed by atoms with Gasteiger partial charge in [0.15, 0.2) is 0 Å². The molecule has 0 fully saturated rings. The van der Waals surface area contributed by atoms with E-state index < -0.39 is 21.5 Å². The molecule has 1 atom stereocenters. The molecule has 0 aliphatic carbocycles. The van der Waals surface area contributed by atoms with Crippen LogP contribution in [-0.4, -0.2) is 13.4 Å². The molecule has 0 aromatic carbocycles. The third-order valence-corrected chi connectivity index (χ3v) is 4.52. The minimum Gasteiger partial charge on any atom is -0.466 e. The lowest BCUT2D eigenvalue weighted by atomic mass is 10.1. The first-order valence-electron chi connectivity index (χ1n) is 6.07. The summed E-state index contributed by atoms with van der Waals surface area (Å²) < 4.78 is 32.2. The number of aromatic nitrogens is 1. The van der Waals surface area contributed by atoms with E-state index in [-0.39, 0.29) is 4.90 Å². The molecule has 0 aliphatic heterocycles. The van der Waals surface area contributed by atoms with Crippen LogP contribution < -0.4 is 10.2 Å². The van der Waals surface area contributed by atoms with Gasteiger partial charge in [0.05, 0.1) is 0 Å². The average molecular weight is 296 g/mol. The van der Waals surface area contributed by atoms with Crippen molar-refractivity contribution in [1.29, 1.82) is 0 Å². The fraction of sp³-hybridized carbons (Fsp3) is 0.308. The number of hydrogen-bond donors (Lipinski definition) is 2. The van der Waals surface area contributed by atoms with Gasteiger partial charge in [-0.1, -0.05) is 0 Å². The lowest BCUT2D eigenvalue weighted by Gasteiger charge is -2.13. The molecule has 2 N–H and O–H groups in total. The molecule has 7 heteroatoms. The van der Waals surface area contributed by atoms with Crippen molar-refractivity contribution in [2.75, 3.05) is 0 Å². The summed E-state index contributed by atoms with van der Waals surface area (Å²) in [6.07, 6.45) is 2.55. The Morgan fingerprint density at radius 2 is 2.05 bits per heavy atom.